The van der Waals surface area contributed by atoms with Gasteiger partial charge in [-0.05, 0) is 34.6 Å². The number of ketones is 1. The van der Waals surface area contributed by atoms with Crippen LogP contribution < -0.4 is 4.74 Å². The Bertz CT molecular complexity index is 707. The molecule has 0 aromatic heterocycles. The summed E-state index contributed by atoms with van der Waals surface area (Å²) in [7, 11) is -1.17. The summed E-state index contributed by atoms with van der Waals surface area (Å²) < 4.78 is 20.6. The van der Waals surface area contributed by atoms with E-state index in [1.807, 2.05) is 6.07 Å². The van der Waals surface area contributed by atoms with Gasteiger partial charge in [0.25, 0.3) is 0 Å². The largest absolute Gasteiger partial charge is 0.695 e. The third kappa shape index (κ3) is 10.2. The van der Waals surface area contributed by atoms with E-state index in [1.54, 1.807) is 13.2 Å². The monoisotopic (exact) mass is 425 g/mol. The van der Waals surface area contributed by atoms with Crippen LogP contribution in [0.3, 0.4) is 0 Å². The average Bonchev–Trinajstić information content (AvgIpc) is 2.62. The van der Waals surface area contributed by atoms with Gasteiger partial charge in [0.2, 0.25) is 0 Å². The van der Waals surface area contributed by atoms with Crippen molar-refractivity contribution in [2.45, 2.75) is 79.1 Å². The number of benzene rings is 1. The van der Waals surface area contributed by atoms with Crippen molar-refractivity contribution >= 4 is 20.1 Å². The Morgan fingerprint density at radius 2 is 1.62 bits per heavy atom. The summed E-state index contributed by atoms with van der Waals surface area (Å²) in [6.45, 7) is 16.7. The molecule has 0 aliphatic heterocycles. The van der Waals surface area contributed by atoms with Crippen LogP contribution in [-0.2, 0) is 24.7 Å². The highest BCUT2D eigenvalue weighted by atomic mass is 31.1. The lowest BCUT2D eigenvalue weighted by Crippen LogP contribution is -2.18. The van der Waals surface area contributed by atoms with Gasteiger partial charge < -0.3 is 4.74 Å². The SMILES string of the molecule is CCCC.COc1c(/C=C/C(=O)CO[P+](=O)O)cc(C(C)(C)C)cc1C(C)(C)C. The number of hydrogen-bond donors (Lipinski definition) is 1. The van der Waals surface area contributed by atoms with Crippen molar-refractivity contribution in [3.63, 3.8) is 0 Å². The lowest BCUT2D eigenvalue weighted by Gasteiger charge is -2.28. The smallest absolute Gasteiger partial charge is 0.496 e. The summed E-state index contributed by atoms with van der Waals surface area (Å²) in [5.74, 6) is 0.330. The van der Waals surface area contributed by atoms with E-state index in [0.717, 1.165) is 22.4 Å². The normalized spacial score (nSPS) is 12.4. The van der Waals surface area contributed by atoms with E-state index in [0.29, 0.717) is 0 Å². The Balaban J connectivity index is 0.00000178. The van der Waals surface area contributed by atoms with E-state index in [1.165, 1.54) is 18.9 Å². The van der Waals surface area contributed by atoms with Gasteiger partial charge in [0.05, 0.1) is 7.11 Å². The highest BCUT2D eigenvalue weighted by Crippen LogP contribution is 2.38. The standard InChI is InChI=1S/C19H27O5P.C4H10/c1-18(2,3)14-10-13(8-9-15(20)12-24-25(21)22)17(23-7)16(11-14)19(4,5)6;1-3-4-2/h8-11H,12H2,1-7H3;3-4H2,1-2H3/p+1/b9-8+;. The van der Waals surface area contributed by atoms with Gasteiger partial charge in [0, 0.05) is 15.7 Å². The van der Waals surface area contributed by atoms with Crippen LogP contribution >= 0.6 is 8.25 Å². The maximum atomic E-state index is 11.8. The van der Waals surface area contributed by atoms with Gasteiger partial charge in [-0.15, -0.1) is 9.42 Å². The van der Waals surface area contributed by atoms with Crippen LogP contribution in [0.25, 0.3) is 6.08 Å². The number of carbonyl (C=O) groups is 1. The molecule has 1 aromatic carbocycles. The predicted octanol–water partition coefficient (Wildman–Crippen LogP) is 6.35. The molecule has 0 aliphatic carbocycles. The van der Waals surface area contributed by atoms with E-state index < -0.39 is 20.6 Å². The van der Waals surface area contributed by atoms with E-state index in [9.17, 15) is 9.36 Å². The van der Waals surface area contributed by atoms with Crippen LogP contribution in [0, 0.1) is 0 Å². The lowest BCUT2D eigenvalue weighted by atomic mass is 9.79. The second-order valence-corrected chi connectivity index (χ2v) is 9.69. The molecule has 0 saturated carbocycles. The minimum atomic E-state index is -2.78. The van der Waals surface area contributed by atoms with Crippen LogP contribution in [0.5, 0.6) is 5.75 Å². The molecule has 1 atom stereocenters. The molecule has 0 aliphatic rings. The summed E-state index contributed by atoms with van der Waals surface area (Å²) in [4.78, 5) is 20.4. The molecule has 0 bridgehead atoms. The Hall–Kier alpha value is -1.55. The third-order valence-electron chi connectivity index (χ3n) is 4.26. The molecule has 0 radical (unpaired) electrons. The van der Waals surface area contributed by atoms with Crippen LogP contribution in [0.4, 0.5) is 0 Å². The third-order valence-corrected chi connectivity index (χ3v) is 4.61. The summed E-state index contributed by atoms with van der Waals surface area (Å²) >= 11 is 0. The molecular formula is C23H38O5P+. The van der Waals surface area contributed by atoms with Gasteiger partial charge in [-0.25, -0.2) is 0 Å². The van der Waals surface area contributed by atoms with Crippen molar-refractivity contribution in [1.82, 2.24) is 0 Å². The van der Waals surface area contributed by atoms with E-state index in [2.05, 4.69) is 66.0 Å². The van der Waals surface area contributed by atoms with Crippen molar-refractivity contribution in [3.05, 3.63) is 34.9 Å². The fraction of sp³-hybridized carbons (Fsp3) is 0.609. The zero-order valence-electron chi connectivity index (χ0n) is 19.5. The van der Waals surface area contributed by atoms with Crippen molar-refractivity contribution in [3.8, 4) is 5.75 Å². The Kier molecular flexibility index (Phi) is 11.6. The molecule has 1 unspecified atom stereocenters. The molecule has 0 saturated heterocycles. The summed E-state index contributed by atoms with van der Waals surface area (Å²) in [6, 6.07) is 4.16. The minimum absolute atomic E-state index is 0.0583. The number of rotatable bonds is 7. The van der Waals surface area contributed by atoms with Gasteiger partial charge in [-0.1, -0.05) is 74.3 Å². The molecule has 0 fully saturated rings. The van der Waals surface area contributed by atoms with Crippen LogP contribution in [0.2, 0.25) is 0 Å². The molecule has 6 heteroatoms. The molecular weight excluding hydrogens is 387 g/mol. The van der Waals surface area contributed by atoms with E-state index in [-0.39, 0.29) is 10.8 Å². The molecule has 5 nitrogen and oxygen atoms in total. The summed E-state index contributed by atoms with van der Waals surface area (Å²) in [6.07, 6.45) is 5.65. The topological polar surface area (TPSA) is 72.8 Å². The van der Waals surface area contributed by atoms with Crippen molar-refractivity contribution in [2.24, 2.45) is 0 Å². The van der Waals surface area contributed by atoms with Crippen LogP contribution in [0.15, 0.2) is 18.2 Å². The van der Waals surface area contributed by atoms with Crippen molar-refractivity contribution in [1.29, 1.82) is 0 Å². The van der Waals surface area contributed by atoms with Crippen molar-refractivity contribution < 1.29 is 23.5 Å². The number of carbonyl (C=O) groups excluding carboxylic acids is 1. The number of unbranched alkanes of at least 4 members (excludes halogenated alkanes) is 1. The van der Waals surface area contributed by atoms with Crippen molar-refractivity contribution in [2.75, 3.05) is 13.7 Å². The molecule has 0 amide bonds. The number of hydrogen-bond acceptors (Lipinski definition) is 4. The first kappa shape index (κ1) is 27.5. The molecule has 1 aromatic rings. The zero-order valence-corrected chi connectivity index (χ0v) is 20.4. The Labute approximate surface area is 177 Å². The van der Waals surface area contributed by atoms with E-state index >= 15 is 0 Å². The van der Waals surface area contributed by atoms with Gasteiger partial charge in [-0.2, -0.15) is 0 Å². The zero-order chi connectivity index (χ0) is 22.8. The van der Waals surface area contributed by atoms with Gasteiger partial charge in [0.15, 0.2) is 12.4 Å². The number of ether oxygens (including phenoxy) is 1. The lowest BCUT2D eigenvalue weighted by molar-refractivity contribution is -0.116. The first-order chi connectivity index (χ1) is 13.3. The molecule has 0 heterocycles. The average molecular weight is 426 g/mol. The second kappa shape index (κ2) is 12.2. The first-order valence-corrected chi connectivity index (χ1v) is 11.1. The van der Waals surface area contributed by atoms with E-state index in [4.69, 9.17) is 9.63 Å². The maximum Gasteiger partial charge on any atom is 0.695 e. The van der Waals surface area contributed by atoms with Gasteiger partial charge >= 0.3 is 8.25 Å². The molecule has 1 N–H and O–H groups in total. The Morgan fingerprint density at radius 1 is 1.07 bits per heavy atom. The first-order valence-electron chi connectivity index (χ1n) is 10.0. The maximum absolute atomic E-state index is 11.8. The second-order valence-electron chi connectivity index (χ2n) is 8.96. The quantitative estimate of drug-likeness (QED) is 0.407. The van der Waals surface area contributed by atoms with Crippen LogP contribution in [-0.4, -0.2) is 24.4 Å². The van der Waals surface area contributed by atoms with Gasteiger partial charge in [-0.3, -0.25) is 4.79 Å². The molecule has 1 rings (SSSR count). The fourth-order valence-electron chi connectivity index (χ4n) is 2.34. The number of methoxy groups -OCH3 is 1. The molecule has 164 valence electrons. The fourth-order valence-corrected chi connectivity index (χ4v) is 2.58. The molecule has 29 heavy (non-hydrogen) atoms. The summed E-state index contributed by atoms with van der Waals surface area (Å²) in [5.41, 5.74) is 2.81. The highest BCUT2D eigenvalue weighted by molar-refractivity contribution is 7.32. The Morgan fingerprint density at radius 3 is 2.00 bits per heavy atom. The van der Waals surface area contributed by atoms with Gasteiger partial charge in [0.1, 0.15) is 5.75 Å². The van der Waals surface area contributed by atoms with Crippen LogP contribution in [0.1, 0.15) is 84.9 Å². The minimum Gasteiger partial charge on any atom is -0.496 e. The predicted molar refractivity (Wildman–Crippen MR) is 121 cm³/mol. The molecule has 0 spiro atoms. The highest BCUT2D eigenvalue weighted by Gasteiger charge is 2.25. The summed E-state index contributed by atoms with van der Waals surface area (Å²) in [5, 5.41) is 0.